The lowest BCUT2D eigenvalue weighted by Gasteiger charge is -2.26. The van der Waals surface area contributed by atoms with Crippen LogP contribution >= 0.6 is 0 Å². The van der Waals surface area contributed by atoms with Crippen molar-refractivity contribution in [3.05, 3.63) is 53.1 Å². The normalized spacial score (nSPS) is 15.2. The summed E-state index contributed by atoms with van der Waals surface area (Å²) in [5.41, 5.74) is 3.06. The first kappa shape index (κ1) is 22.3. The van der Waals surface area contributed by atoms with Gasteiger partial charge in [-0.15, -0.1) is 0 Å². The number of methoxy groups -OCH3 is 1. The summed E-state index contributed by atoms with van der Waals surface area (Å²) in [6.07, 6.45) is 2.71. The van der Waals surface area contributed by atoms with Crippen LogP contribution in [0, 0.1) is 6.92 Å². The molecule has 6 nitrogen and oxygen atoms in total. The molecule has 30 heavy (non-hydrogen) atoms. The fraction of sp³-hybridized carbons (Fsp3) is 0.435. The van der Waals surface area contributed by atoms with Crippen molar-refractivity contribution in [2.45, 2.75) is 50.8 Å². The molecular weight excluding hydrogens is 400 g/mol. The number of rotatable bonds is 6. The summed E-state index contributed by atoms with van der Waals surface area (Å²) in [5, 5.41) is 2.98. The van der Waals surface area contributed by atoms with Crippen LogP contribution in [0.15, 0.2) is 41.3 Å². The number of hydrogen-bond donors (Lipinski definition) is 1. The Balaban J connectivity index is 1.96. The maximum atomic E-state index is 13.2. The molecule has 1 fully saturated rings. The Kier molecular flexibility index (Phi) is 6.83. The van der Waals surface area contributed by atoms with Gasteiger partial charge in [-0.05, 0) is 55.0 Å². The first-order chi connectivity index (χ1) is 14.3. The van der Waals surface area contributed by atoms with Gasteiger partial charge in [0.25, 0.3) is 5.91 Å². The molecule has 1 aliphatic heterocycles. The van der Waals surface area contributed by atoms with Gasteiger partial charge in [-0.3, -0.25) is 4.79 Å². The number of anilines is 1. The highest BCUT2D eigenvalue weighted by Crippen LogP contribution is 2.31. The van der Waals surface area contributed by atoms with E-state index >= 15 is 0 Å². The zero-order chi connectivity index (χ0) is 21.9. The SMILES string of the molecule is COc1ccc(C(=O)Nc2c(C)cccc2C(C)C)cc1S(=O)(=O)N1CCCCC1. The zero-order valence-corrected chi connectivity index (χ0v) is 18.9. The summed E-state index contributed by atoms with van der Waals surface area (Å²) in [7, 11) is -2.30. The number of piperidine rings is 1. The van der Waals surface area contributed by atoms with Crippen molar-refractivity contribution in [1.29, 1.82) is 0 Å². The van der Waals surface area contributed by atoms with E-state index in [2.05, 4.69) is 19.2 Å². The molecule has 0 saturated carbocycles. The van der Waals surface area contributed by atoms with E-state index in [1.165, 1.54) is 17.5 Å². The number of benzene rings is 2. The van der Waals surface area contributed by atoms with E-state index in [9.17, 15) is 13.2 Å². The second-order valence-corrected chi connectivity index (χ2v) is 9.88. The molecule has 1 heterocycles. The average molecular weight is 431 g/mol. The Hall–Kier alpha value is -2.38. The predicted molar refractivity (Wildman–Crippen MR) is 119 cm³/mol. The minimum atomic E-state index is -3.74. The highest BCUT2D eigenvalue weighted by Gasteiger charge is 2.30. The van der Waals surface area contributed by atoms with Crippen molar-refractivity contribution >= 4 is 21.6 Å². The van der Waals surface area contributed by atoms with Gasteiger partial charge >= 0.3 is 0 Å². The highest BCUT2D eigenvalue weighted by molar-refractivity contribution is 7.89. The summed E-state index contributed by atoms with van der Waals surface area (Å²) < 4.78 is 33.2. The van der Waals surface area contributed by atoms with Gasteiger partial charge in [-0.25, -0.2) is 8.42 Å². The number of sulfonamides is 1. The third-order valence-electron chi connectivity index (χ3n) is 5.52. The fourth-order valence-corrected chi connectivity index (χ4v) is 5.49. The molecular formula is C23H30N2O4S. The molecule has 0 radical (unpaired) electrons. The molecule has 7 heteroatoms. The van der Waals surface area contributed by atoms with Crippen LogP contribution in [0.1, 0.15) is 60.5 Å². The monoisotopic (exact) mass is 430 g/mol. The standard InChI is InChI=1S/C23H30N2O4S/c1-16(2)19-10-8-9-17(3)22(19)24-23(26)18-11-12-20(29-4)21(15-18)30(27,28)25-13-6-5-7-14-25/h8-12,15-16H,5-7,13-14H2,1-4H3,(H,24,26). The second kappa shape index (κ2) is 9.18. The van der Waals surface area contributed by atoms with Gasteiger partial charge < -0.3 is 10.1 Å². The third-order valence-corrected chi connectivity index (χ3v) is 7.44. The Morgan fingerprint density at radius 1 is 1.10 bits per heavy atom. The fourth-order valence-electron chi connectivity index (χ4n) is 3.79. The van der Waals surface area contributed by atoms with E-state index in [1.807, 2.05) is 25.1 Å². The van der Waals surface area contributed by atoms with Gasteiger partial charge in [0, 0.05) is 24.3 Å². The highest BCUT2D eigenvalue weighted by atomic mass is 32.2. The number of amides is 1. The van der Waals surface area contributed by atoms with Crippen LogP contribution in [0.25, 0.3) is 0 Å². The second-order valence-electron chi connectivity index (χ2n) is 7.98. The molecule has 1 saturated heterocycles. The molecule has 1 N–H and O–H groups in total. The molecule has 0 aromatic heterocycles. The molecule has 162 valence electrons. The summed E-state index contributed by atoms with van der Waals surface area (Å²) in [4.78, 5) is 13.1. The van der Waals surface area contributed by atoms with Crippen LogP contribution in [-0.4, -0.2) is 38.8 Å². The number of nitrogens with one attached hydrogen (secondary N) is 1. The summed E-state index contributed by atoms with van der Waals surface area (Å²) in [6, 6.07) is 10.5. The number of para-hydroxylation sites is 1. The maximum Gasteiger partial charge on any atom is 0.255 e. The van der Waals surface area contributed by atoms with Crippen molar-refractivity contribution in [3.8, 4) is 5.75 Å². The van der Waals surface area contributed by atoms with Crippen molar-refractivity contribution in [3.63, 3.8) is 0 Å². The molecule has 2 aromatic rings. The van der Waals surface area contributed by atoms with Gasteiger partial charge in [0.15, 0.2) is 0 Å². The summed E-state index contributed by atoms with van der Waals surface area (Å²) in [6.45, 7) is 7.07. The number of ether oxygens (including phenoxy) is 1. The summed E-state index contributed by atoms with van der Waals surface area (Å²) in [5.74, 6) is 0.144. The van der Waals surface area contributed by atoms with Crippen molar-refractivity contribution in [2.24, 2.45) is 0 Å². The van der Waals surface area contributed by atoms with E-state index in [0.717, 1.165) is 36.1 Å². The summed E-state index contributed by atoms with van der Waals surface area (Å²) >= 11 is 0. The topological polar surface area (TPSA) is 75.7 Å². The van der Waals surface area contributed by atoms with E-state index in [1.54, 1.807) is 12.1 Å². The Morgan fingerprint density at radius 3 is 2.43 bits per heavy atom. The smallest absolute Gasteiger partial charge is 0.255 e. The number of nitrogens with zero attached hydrogens (tertiary/aromatic N) is 1. The van der Waals surface area contributed by atoms with E-state index in [0.29, 0.717) is 13.1 Å². The van der Waals surface area contributed by atoms with Gasteiger partial charge in [-0.1, -0.05) is 38.5 Å². The zero-order valence-electron chi connectivity index (χ0n) is 18.1. The van der Waals surface area contributed by atoms with Crippen LogP contribution in [0.4, 0.5) is 5.69 Å². The largest absolute Gasteiger partial charge is 0.495 e. The van der Waals surface area contributed by atoms with Crippen LogP contribution in [-0.2, 0) is 10.0 Å². The molecule has 1 aliphatic rings. The van der Waals surface area contributed by atoms with Gasteiger partial charge in [-0.2, -0.15) is 4.31 Å². The average Bonchev–Trinajstić information content (AvgIpc) is 2.75. The number of aryl methyl sites for hydroxylation is 1. The molecule has 0 bridgehead atoms. The molecule has 0 aliphatic carbocycles. The molecule has 3 rings (SSSR count). The van der Waals surface area contributed by atoms with Crippen LogP contribution in [0.5, 0.6) is 5.75 Å². The first-order valence-electron chi connectivity index (χ1n) is 10.3. The minimum absolute atomic E-state index is 0.0356. The minimum Gasteiger partial charge on any atom is -0.495 e. The van der Waals surface area contributed by atoms with E-state index in [4.69, 9.17) is 4.74 Å². The Morgan fingerprint density at radius 2 is 1.80 bits per heavy atom. The lowest BCUT2D eigenvalue weighted by molar-refractivity contribution is 0.102. The lowest BCUT2D eigenvalue weighted by atomic mass is 9.98. The molecule has 2 aromatic carbocycles. The van der Waals surface area contributed by atoms with Crippen molar-refractivity contribution in [2.75, 3.05) is 25.5 Å². The molecule has 0 spiro atoms. The molecule has 1 amide bonds. The number of carbonyl (C=O) groups is 1. The maximum absolute atomic E-state index is 13.2. The quantitative estimate of drug-likeness (QED) is 0.729. The third kappa shape index (κ3) is 4.52. The van der Waals surface area contributed by atoms with Crippen LogP contribution in [0.2, 0.25) is 0 Å². The number of carbonyl (C=O) groups excluding carboxylic acids is 1. The van der Waals surface area contributed by atoms with Crippen LogP contribution < -0.4 is 10.1 Å². The van der Waals surface area contributed by atoms with Gasteiger partial charge in [0.1, 0.15) is 10.6 Å². The predicted octanol–water partition coefficient (Wildman–Crippen LogP) is 4.55. The number of hydrogen-bond acceptors (Lipinski definition) is 4. The van der Waals surface area contributed by atoms with Crippen molar-refractivity contribution < 1.29 is 17.9 Å². The first-order valence-corrected chi connectivity index (χ1v) is 11.8. The lowest BCUT2D eigenvalue weighted by Crippen LogP contribution is -2.35. The van der Waals surface area contributed by atoms with Crippen molar-refractivity contribution in [1.82, 2.24) is 4.31 Å². The van der Waals surface area contributed by atoms with Gasteiger partial charge in [0.2, 0.25) is 10.0 Å². The Bertz CT molecular complexity index is 1030. The van der Waals surface area contributed by atoms with Gasteiger partial charge in [0.05, 0.1) is 7.11 Å². The molecule has 0 atom stereocenters. The Labute approximate surface area is 179 Å². The van der Waals surface area contributed by atoms with E-state index < -0.39 is 10.0 Å². The van der Waals surface area contributed by atoms with Crippen LogP contribution in [0.3, 0.4) is 0 Å². The van der Waals surface area contributed by atoms with E-state index in [-0.39, 0.29) is 28.0 Å². The molecule has 0 unspecified atom stereocenters.